The number of aryl methyl sites for hydroxylation is 1. The zero-order valence-corrected chi connectivity index (χ0v) is 16.7. The van der Waals surface area contributed by atoms with Crippen molar-refractivity contribution in [1.29, 1.82) is 0 Å². The second kappa shape index (κ2) is 8.20. The molecular formula is C18H24N2O4S2. The minimum absolute atomic E-state index is 0.0133. The van der Waals surface area contributed by atoms with Crippen molar-refractivity contribution in [3.8, 4) is 0 Å². The summed E-state index contributed by atoms with van der Waals surface area (Å²) >= 11 is 0. The van der Waals surface area contributed by atoms with Crippen LogP contribution in [0.4, 0.5) is 5.69 Å². The smallest absolute Gasteiger partial charge is 0.261 e. The predicted molar refractivity (Wildman–Crippen MR) is 103 cm³/mol. The predicted octanol–water partition coefficient (Wildman–Crippen LogP) is 3.13. The lowest BCUT2D eigenvalue weighted by atomic mass is 10.2. The largest absolute Gasteiger partial charge is 0.280 e. The lowest BCUT2D eigenvalue weighted by Gasteiger charge is -2.13. The minimum Gasteiger partial charge on any atom is -0.280 e. The number of hydrogen-bond donors (Lipinski definition) is 2. The van der Waals surface area contributed by atoms with Gasteiger partial charge >= 0.3 is 0 Å². The second-order valence-corrected chi connectivity index (χ2v) is 9.46. The van der Waals surface area contributed by atoms with Gasteiger partial charge in [-0.3, -0.25) is 4.72 Å². The van der Waals surface area contributed by atoms with E-state index in [1.54, 1.807) is 19.1 Å². The molecule has 0 radical (unpaired) electrons. The molecule has 6 nitrogen and oxygen atoms in total. The first kappa shape index (κ1) is 20.4. The van der Waals surface area contributed by atoms with Crippen LogP contribution in [0.2, 0.25) is 0 Å². The van der Waals surface area contributed by atoms with Gasteiger partial charge in [-0.05, 0) is 55.7 Å². The summed E-state index contributed by atoms with van der Waals surface area (Å²) in [6.45, 7) is 5.63. The van der Waals surface area contributed by atoms with E-state index in [4.69, 9.17) is 0 Å². The molecule has 0 aromatic heterocycles. The molecule has 0 fully saturated rings. The van der Waals surface area contributed by atoms with Gasteiger partial charge in [0.1, 0.15) is 0 Å². The first-order valence-corrected chi connectivity index (χ1v) is 11.4. The van der Waals surface area contributed by atoms with E-state index in [9.17, 15) is 16.8 Å². The van der Waals surface area contributed by atoms with Crippen molar-refractivity contribution < 1.29 is 16.8 Å². The summed E-state index contributed by atoms with van der Waals surface area (Å²) in [5.74, 6) is 0. The number of benzene rings is 2. The van der Waals surface area contributed by atoms with Gasteiger partial charge in [-0.25, -0.2) is 21.6 Å². The van der Waals surface area contributed by atoms with E-state index in [0.717, 1.165) is 12.0 Å². The third-order valence-electron chi connectivity index (χ3n) is 4.01. The Balaban J connectivity index is 2.27. The standard InChI is InChI=1S/C18H24N2O4S2/c1-4-14(3)19-26(23,24)18-8-6-7-16(13-18)20-25(21,22)17-11-9-15(5-2)10-12-17/h6-14,19-20H,4-5H2,1-3H3. The van der Waals surface area contributed by atoms with Gasteiger partial charge in [0.05, 0.1) is 15.5 Å². The summed E-state index contributed by atoms with van der Waals surface area (Å²) in [6, 6.07) is 12.1. The molecule has 0 saturated carbocycles. The molecule has 0 amide bonds. The van der Waals surface area contributed by atoms with Crippen LogP contribution in [0.25, 0.3) is 0 Å². The highest BCUT2D eigenvalue weighted by Crippen LogP contribution is 2.20. The second-order valence-electron chi connectivity index (χ2n) is 6.06. The molecule has 0 aliphatic rings. The van der Waals surface area contributed by atoms with Gasteiger partial charge in [-0.2, -0.15) is 0 Å². The maximum atomic E-state index is 12.5. The molecule has 1 unspecified atom stereocenters. The number of nitrogens with one attached hydrogen (secondary N) is 2. The van der Waals surface area contributed by atoms with Gasteiger partial charge in [0.25, 0.3) is 10.0 Å². The molecule has 2 aromatic carbocycles. The topological polar surface area (TPSA) is 92.3 Å². The van der Waals surface area contributed by atoms with Crippen molar-refractivity contribution >= 4 is 25.7 Å². The third kappa shape index (κ3) is 5.06. The summed E-state index contributed by atoms with van der Waals surface area (Å²) in [5, 5.41) is 0. The zero-order valence-electron chi connectivity index (χ0n) is 15.1. The highest BCUT2D eigenvalue weighted by molar-refractivity contribution is 7.92. The quantitative estimate of drug-likeness (QED) is 0.717. The fourth-order valence-corrected chi connectivity index (χ4v) is 4.68. The first-order chi connectivity index (χ1) is 12.2. The van der Waals surface area contributed by atoms with Crippen LogP contribution in [-0.2, 0) is 26.5 Å². The Hall–Kier alpha value is -1.90. The van der Waals surface area contributed by atoms with Gasteiger partial charge in [0.2, 0.25) is 10.0 Å². The lowest BCUT2D eigenvalue weighted by Crippen LogP contribution is -2.32. The zero-order chi connectivity index (χ0) is 19.4. The molecule has 2 rings (SSSR count). The minimum atomic E-state index is -3.79. The van der Waals surface area contributed by atoms with E-state index >= 15 is 0 Å². The highest BCUT2D eigenvalue weighted by atomic mass is 32.2. The summed E-state index contributed by atoms with van der Waals surface area (Å²) in [4.78, 5) is 0.139. The molecule has 1 atom stereocenters. The first-order valence-electron chi connectivity index (χ1n) is 8.42. The van der Waals surface area contributed by atoms with Crippen molar-refractivity contribution in [3.63, 3.8) is 0 Å². The molecule has 142 valence electrons. The van der Waals surface area contributed by atoms with Gasteiger partial charge in [-0.1, -0.05) is 32.0 Å². The Kier molecular flexibility index (Phi) is 6.44. The summed E-state index contributed by atoms with van der Waals surface area (Å²) in [6.07, 6.45) is 1.47. The van der Waals surface area contributed by atoms with E-state index in [1.807, 2.05) is 13.8 Å². The molecular weight excluding hydrogens is 372 g/mol. The van der Waals surface area contributed by atoms with Crippen molar-refractivity contribution in [2.24, 2.45) is 0 Å². The number of rotatable bonds is 8. The number of anilines is 1. The highest BCUT2D eigenvalue weighted by Gasteiger charge is 2.19. The van der Waals surface area contributed by atoms with Crippen LogP contribution in [0.5, 0.6) is 0 Å². The normalized spacial score (nSPS) is 13.3. The van der Waals surface area contributed by atoms with Crippen LogP contribution in [0.3, 0.4) is 0 Å². The molecule has 0 bridgehead atoms. The maximum absolute atomic E-state index is 12.5. The van der Waals surface area contributed by atoms with Gasteiger partial charge < -0.3 is 0 Å². The average molecular weight is 397 g/mol. The van der Waals surface area contributed by atoms with E-state index in [-0.39, 0.29) is 21.5 Å². The van der Waals surface area contributed by atoms with Crippen molar-refractivity contribution in [2.45, 2.75) is 49.4 Å². The maximum Gasteiger partial charge on any atom is 0.261 e. The van der Waals surface area contributed by atoms with Gasteiger partial charge in [-0.15, -0.1) is 0 Å². The number of hydrogen-bond acceptors (Lipinski definition) is 4. The molecule has 2 aromatic rings. The van der Waals surface area contributed by atoms with E-state index in [0.29, 0.717) is 6.42 Å². The van der Waals surface area contributed by atoms with Crippen LogP contribution in [-0.4, -0.2) is 22.9 Å². The van der Waals surface area contributed by atoms with E-state index in [1.165, 1.54) is 36.4 Å². The molecule has 8 heteroatoms. The summed E-state index contributed by atoms with van der Waals surface area (Å²) < 4.78 is 54.7. The molecule has 26 heavy (non-hydrogen) atoms. The Bertz CT molecular complexity index is 953. The third-order valence-corrected chi connectivity index (χ3v) is 6.99. The lowest BCUT2D eigenvalue weighted by molar-refractivity contribution is 0.556. The van der Waals surface area contributed by atoms with Crippen LogP contribution >= 0.6 is 0 Å². The molecule has 0 heterocycles. The molecule has 0 spiro atoms. The van der Waals surface area contributed by atoms with Crippen molar-refractivity contribution in [1.82, 2.24) is 4.72 Å². The molecule has 0 aliphatic carbocycles. The Morgan fingerprint density at radius 1 is 0.885 bits per heavy atom. The average Bonchev–Trinajstić information content (AvgIpc) is 2.61. The van der Waals surface area contributed by atoms with Crippen LogP contribution in [0.15, 0.2) is 58.3 Å². The molecule has 2 N–H and O–H groups in total. The fourth-order valence-electron chi connectivity index (χ4n) is 2.26. The van der Waals surface area contributed by atoms with Crippen LogP contribution in [0, 0.1) is 0 Å². The van der Waals surface area contributed by atoms with E-state index < -0.39 is 20.0 Å². The van der Waals surface area contributed by atoms with Crippen LogP contribution in [0.1, 0.15) is 32.8 Å². The Morgan fingerprint density at radius 3 is 2.12 bits per heavy atom. The molecule has 0 aliphatic heterocycles. The monoisotopic (exact) mass is 396 g/mol. The van der Waals surface area contributed by atoms with E-state index in [2.05, 4.69) is 9.44 Å². The van der Waals surface area contributed by atoms with Gasteiger partial charge in [0.15, 0.2) is 0 Å². The SMILES string of the molecule is CCc1ccc(S(=O)(=O)Nc2cccc(S(=O)(=O)NC(C)CC)c2)cc1. The van der Waals surface area contributed by atoms with Crippen LogP contribution < -0.4 is 9.44 Å². The summed E-state index contributed by atoms with van der Waals surface area (Å²) in [7, 11) is -7.50. The van der Waals surface area contributed by atoms with Crippen molar-refractivity contribution in [3.05, 3.63) is 54.1 Å². The van der Waals surface area contributed by atoms with Crippen molar-refractivity contribution in [2.75, 3.05) is 4.72 Å². The number of sulfonamides is 2. The fraction of sp³-hybridized carbons (Fsp3) is 0.333. The van der Waals surface area contributed by atoms with Gasteiger partial charge in [0, 0.05) is 6.04 Å². The Labute approximate surface area is 155 Å². The molecule has 0 saturated heterocycles. The summed E-state index contributed by atoms with van der Waals surface area (Å²) in [5.41, 5.74) is 1.23. The Morgan fingerprint density at radius 2 is 1.54 bits per heavy atom.